The van der Waals surface area contributed by atoms with E-state index in [2.05, 4.69) is 31.2 Å². The first-order valence-corrected chi connectivity index (χ1v) is 5.13. The molecule has 0 radical (unpaired) electrons. The predicted molar refractivity (Wildman–Crippen MR) is 63.1 cm³/mol. The topological polar surface area (TPSA) is 50.7 Å². The maximum atomic E-state index is 10.9. The molecule has 0 aliphatic carbocycles. The molecule has 0 atom stereocenters. The highest BCUT2D eigenvalue weighted by atomic mass is 79.9. The highest BCUT2D eigenvalue weighted by Gasteiger charge is 2.06. The van der Waals surface area contributed by atoms with Crippen molar-refractivity contribution in [3.05, 3.63) is 28.7 Å². The smallest absolute Gasteiger partial charge is 0.370 e. The van der Waals surface area contributed by atoms with Crippen LogP contribution in [-0.4, -0.2) is 18.2 Å². The lowest BCUT2D eigenvalue weighted by Crippen LogP contribution is -2.11. The maximum absolute atomic E-state index is 10.9. The van der Waals surface area contributed by atoms with Crippen molar-refractivity contribution < 1.29 is 9.53 Å². The first kappa shape index (κ1) is 12.0. The second kappa shape index (κ2) is 5.72. The molecule has 15 heavy (non-hydrogen) atoms. The zero-order valence-corrected chi connectivity index (χ0v) is 10.2. The molecule has 1 aromatic rings. The molecule has 0 amide bonds. The third kappa shape index (κ3) is 3.89. The second-order valence-corrected chi connectivity index (χ2v) is 3.79. The lowest BCUT2D eigenvalue weighted by atomic mass is 10.3. The van der Waals surface area contributed by atoms with Gasteiger partial charge in [-0.05, 0) is 24.3 Å². The van der Waals surface area contributed by atoms with Gasteiger partial charge in [-0.3, -0.25) is 5.43 Å². The molecule has 0 saturated heterocycles. The van der Waals surface area contributed by atoms with Crippen LogP contribution in [0.4, 0.5) is 5.69 Å². The number of hydrogen-bond acceptors (Lipinski definition) is 4. The van der Waals surface area contributed by atoms with E-state index in [1.165, 1.54) is 7.11 Å². The zero-order chi connectivity index (χ0) is 11.3. The number of anilines is 1. The number of benzene rings is 1. The Morgan fingerprint density at radius 2 is 2.07 bits per heavy atom. The summed E-state index contributed by atoms with van der Waals surface area (Å²) in [5, 5.41) is 3.39. The number of halogens is 2. The molecule has 0 aliphatic rings. The van der Waals surface area contributed by atoms with Gasteiger partial charge < -0.3 is 4.74 Å². The number of hydrogen-bond donors (Lipinski definition) is 1. The standard InChI is InChI=1S/C9H8BrClN2O2/c1-15-9(14)8(11)13-12-7-4-2-6(10)3-5-7/h2-5,12H,1H3/b13-8+. The van der Waals surface area contributed by atoms with E-state index in [4.69, 9.17) is 11.6 Å². The van der Waals surface area contributed by atoms with Crippen LogP contribution in [0.5, 0.6) is 0 Å². The van der Waals surface area contributed by atoms with E-state index in [1.54, 1.807) is 12.1 Å². The minimum Gasteiger partial charge on any atom is -0.464 e. The molecule has 0 heterocycles. The van der Waals surface area contributed by atoms with Crippen molar-refractivity contribution in [2.24, 2.45) is 5.10 Å². The molecule has 4 nitrogen and oxygen atoms in total. The van der Waals surface area contributed by atoms with E-state index in [0.717, 1.165) is 10.2 Å². The van der Waals surface area contributed by atoms with Crippen molar-refractivity contribution >= 4 is 44.4 Å². The molecule has 0 fully saturated rings. The van der Waals surface area contributed by atoms with Crippen LogP contribution in [-0.2, 0) is 9.53 Å². The summed E-state index contributed by atoms with van der Waals surface area (Å²) in [6.45, 7) is 0. The highest BCUT2D eigenvalue weighted by Crippen LogP contribution is 2.14. The van der Waals surface area contributed by atoms with E-state index < -0.39 is 5.97 Å². The lowest BCUT2D eigenvalue weighted by Gasteiger charge is -2.00. The largest absolute Gasteiger partial charge is 0.464 e. The molecule has 80 valence electrons. The molecule has 1 aromatic carbocycles. The summed E-state index contributed by atoms with van der Waals surface area (Å²) in [6.07, 6.45) is 0. The number of rotatable bonds is 3. The zero-order valence-electron chi connectivity index (χ0n) is 7.83. The molecular formula is C9H8BrClN2O2. The van der Waals surface area contributed by atoms with Crippen LogP contribution in [0.1, 0.15) is 0 Å². The van der Waals surface area contributed by atoms with E-state index in [0.29, 0.717) is 0 Å². The van der Waals surface area contributed by atoms with Crippen LogP contribution in [0.2, 0.25) is 0 Å². The van der Waals surface area contributed by atoms with Gasteiger partial charge in [0.2, 0.25) is 5.17 Å². The van der Waals surface area contributed by atoms with Gasteiger partial charge in [-0.15, -0.1) is 0 Å². The monoisotopic (exact) mass is 290 g/mol. The Balaban J connectivity index is 2.63. The fourth-order valence-electron chi connectivity index (χ4n) is 0.768. The van der Waals surface area contributed by atoms with Crippen LogP contribution >= 0.6 is 27.5 Å². The summed E-state index contributed by atoms with van der Waals surface area (Å²) >= 11 is 8.81. The van der Waals surface area contributed by atoms with Crippen molar-refractivity contribution in [3.8, 4) is 0 Å². The number of nitrogens with one attached hydrogen (secondary N) is 1. The van der Waals surface area contributed by atoms with Gasteiger partial charge >= 0.3 is 5.97 Å². The van der Waals surface area contributed by atoms with E-state index in [1.807, 2.05) is 12.1 Å². The van der Waals surface area contributed by atoms with Gasteiger partial charge in [0.1, 0.15) is 0 Å². The van der Waals surface area contributed by atoms with Gasteiger partial charge in [-0.25, -0.2) is 4.79 Å². The van der Waals surface area contributed by atoms with Crippen LogP contribution in [0.25, 0.3) is 0 Å². The van der Waals surface area contributed by atoms with E-state index >= 15 is 0 Å². The highest BCUT2D eigenvalue weighted by molar-refractivity contribution is 9.10. The average Bonchev–Trinajstić information content (AvgIpc) is 2.26. The van der Waals surface area contributed by atoms with E-state index in [-0.39, 0.29) is 5.17 Å². The van der Waals surface area contributed by atoms with Crippen molar-refractivity contribution in [1.29, 1.82) is 0 Å². The Labute approximate surface area is 100 Å². The molecule has 0 aliphatic heterocycles. The van der Waals surface area contributed by atoms with Gasteiger partial charge in [0.25, 0.3) is 0 Å². The molecule has 0 bridgehead atoms. The fourth-order valence-corrected chi connectivity index (χ4v) is 1.15. The summed E-state index contributed by atoms with van der Waals surface area (Å²) in [5.74, 6) is -0.679. The Kier molecular flexibility index (Phi) is 4.58. The minimum atomic E-state index is -0.679. The van der Waals surface area contributed by atoms with Crippen LogP contribution in [0, 0.1) is 0 Å². The molecule has 6 heteroatoms. The third-order valence-electron chi connectivity index (χ3n) is 1.48. The number of ether oxygens (including phenoxy) is 1. The molecule has 0 unspecified atom stereocenters. The first-order chi connectivity index (χ1) is 7.13. The van der Waals surface area contributed by atoms with Crippen molar-refractivity contribution in [3.63, 3.8) is 0 Å². The first-order valence-electron chi connectivity index (χ1n) is 3.96. The Hall–Kier alpha value is -1.07. The number of methoxy groups -OCH3 is 1. The van der Waals surface area contributed by atoms with Crippen molar-refractivity contribution in [2.75, 3.05) is 12.5 Å². The van der Waals surface area contributed by atoms with Crippen molar-refractivity contribution in [2.45, 2.75) is 0 Å². The quantitative estimate of drug-likeness (QED) is 0.529. The van der Waals surface area contributed by atoms with Gasteiger partial charge in [0.15, 0.2) is 0 Å². The van der Waals surface area contributed by atoms with Gasteiger partial charge in [-0.2, -0.15) is 5.10 Å². The van der Waals surface area contributed by atoms with Crippen LogP contribution < -0.4 is 5.43 Å². The molecule has 0 aromatic heterocycles. The number of hydrazone groups is 1. The van der Waals surface area contributed by atoms with E-state index in [9.17, 15) is 4.79 Å². The summed E-state index contributed by atoms with van der Waals surface area (Å²) in [4.78, 5) is 10.9. The normalized spacial score (nSPS) is 11.0. The number of carbonyl (C=O) groups is 1. The Morgan fingerprint density at radius 1 is 1.47 bits per heavy atom. The number of nitrogens with zero attached hydrogens (tertiary/aromatic N) is 1. The van der Waals surface area contributed by atoms with Crippen LogP contribution in [0.3, 0.4) is 0 Å². The van der Waals surface area contributed by atoms with Crippen LogP contribution in [0.15, 0.2) is 33.8 Å². The Morgan fingerprint density at radius 3 is 2.60 bits per heavy atom. The summed E-state index contributed by atoms with van der Waals surface area (Å²) < 4.78 is 5.33. The maximum Gasteiger partial charge on any atom is 0.370 e. The molecule has 0 spiro atoms. The molecular weight excluding hydrogens is 283 g/mol. The lowest BCUT2D eigenvalue weighted by molar-refractivity contribution is -0.132. The summed E-state index contributed by atoms with van der Waals surface area (Å²) in [5.41, 5.74) is 3.34. The Bertz CT molecular complexity index is 378. The predicted octanol–water partition coefficient (Wildman–Crippen LogP) is 2.59. The fraction of sp³-hybridized carbons (Fsp3) is 0.111. The van der Waals surface area contributed by atoms with Gasteiger partial charge in [0.05, 0.1) is 12.8 Å². The van der Waals surface area contributed by atoms with Gasteiger partial charge in [0, 0.05) is 4.47 Å². The second-order valence-electron chi connectivity index (χ2n) is 2.51. The third-order valence-corrected chi connectivity index (χ3v) is 2.25. The SMILES string of the molecule is COC(=O)/C(Cl)=N\Nc1ccc(Br)cc1. The molecule has 1 rings (SSSR count). The van der Waals surface area contributed by atoms with Crippen molar-refractivity contribution in [1.82, 2.24) is 0 Å². The number of carbonyl (C=O) groups excluding carboxylic acids is 1. The summed E-state index contributed by atoms with van der Waals surface area (Å²) in [7, 11) is 1.24. The summed E-state index contributed by atoms with van der Waals surface area (Å²) in [6, 6.07) is 7.25. The van der Waals surface area contributed by atoms with Gasteiger partial charge in [-0.1, -0.05) is 27.5 Å². The number of esters is 1. The molecule has 1 N–H and O–H groups in total. The minimum absolute atomic E-state index is 0.250. The average molecular weight is 292 g/mol. The molecule has 0 saturated carbocycles.